The summed E-state index contributed by atoms with van der Waals surface area (Å²) >= 11 is -0.750. The maximum Gasteiger partial charge on any atom is 0.389 e. The number of carbonyl (C=O) groups excluding carboxylic acids is 1. The average Bonchev–Trinajstić information content (AvgIpc) is 3.22. The van der Waals surface area contributed by atoms with E-state index in [9.17, 15) is 18.0 Å². The number of anilines is 1. The van der Waals surface area contributed by atoms with E-state index in [4.69, 9.17) is 13.2 Å². The lowest BCUT2D eigenvalue weighted by atomic mass is 9.83. The summed E-state index contributed by atoms with van der Waals surface area (Å²) in [6.45, 7) is 7.41. The Labute approximate surface area is 224 Å². The molecule has 2 heterocycles. The molecule has 0 aliphatic heterocycles. The molecule has 9 nitrogen and oxygen atoms in total. The van der Waals surface area contributed by atoms with E-state index in [2.05, 4.69) is 27.6 Å². The van der Waals surface area contributed by atoms with Gasteiger partial charge in [0.15, 0.2) is 5.69 Å². The molecule has 1 amide bonds. The van der Waals surface area contributed by atoms with Crippen LogP contribution in [0.5, 0.6) is 5.75 Å². The SMILES string of the molecule is CCn1nc(C(=O)NCC2CCC(C)CC2)c(C)c1-c1cnc(NCCCC(F)(F)F)cc1OC.O=S=O. The quantitative estimate of drug-likeness (QED) is 0.397. The molecule has 0 aromatic carbocycles. The van der Waals surface area contributed by atoms with Crippen LogP contribution in [-0.2, 0) is 18.1 Å². The average molecular weight is 560 g/mol. The van der Waals surface area contributed by atoms with Crippen LogP contribution in [0, 0.1) is 18.8 Å². The van der Waals surface area contributed by atoms with Crippen molar-refractivity contribution in [2.24, 2.45) is 11.8 Å². The summed E-state index contributed by atoms with van der Waals surface area (Å²) in [4.78, 5) is 17.3. The zero-order chi connectivity index (χ0) is 28.3. The lowest BCUT2D eigenvalue weighted by Gasteiger charge is -2.26. The number of methoxy groups -OCH3 is 1. The van der Waals surface area contributed by atoms with Gasteiger partial charge in [0.25, 0.3) is 5.91 Å². The predicted octanol–water partition coefficient (Wildman–Crippen LogP) is 4.92. The van der Waals surface area contributed by atoms with E-state index in [-0.39, 0.29) is 18.9 Å². The number of hydrogen-bond acceptors (Lipinski definition) is 7. The molecule has 0 radical (unpaired) electrons. The maximum atomic E-state index is 13.0. The number of amides is 1. The normalized spacial score (nSPS) is 17.2. The second-order valence-corrected chi connectivity index (χ2v) is 9.59. The van der Waals surface area contributed by atoms with E-state index >= 15 is 0 Å². The molecule has 0 spiro atoms. The van der Waals surface area contributed by atoms with Crippen LogP contribution >= 0.6 is 0 Å². The van der Waals surface area contributed by atoms with Crippen LogP contribution < -0.4 is 15.4 Å². The molecule has 38 heavy (non-hydrogen) atoms. The molecule has 1 saturated carbocycles. The van der Waals surface area contributed by atoms with Crippen molar-refractivity contribution in [3.63, 3.8) is 0 Å². The van der Waals surface area contributed by atoms with Gasteiger partial charge in [-0.15, -0.1) is 0 Å². The van der Waals surface area contributed by atoms with Gasteiger partial charge < -0.3 is 15.4 Å². The Hall–Kier alpha value is -2.96. The summed E-state index contributed by atoms with van der Waals surface area (Å²) in [6, 6.07) is 1.65. The zero-order valence-electron chi connectivity index (χ0n) is 22.2. The van der Waals surface area contributed by atoms with Crippen LogP contribution in [0.25, 0.3) is 11.3 Å². The van der Waals surface area contributed by atoms with Gasteiger partial charge in [-0.3, -0.25) is 9.48 Å². The second-order valence-electron chi connectivity index (χ2n) is 9.46. The van der Waals surface area contributed by atoms with E-state index in [0.29, 0.717) is 41.8 Å². The minimum Gasteiger partial charge on any atom is -0.496 e. The zero-order valence-corrected chi connectivity index (χ0v) is 23.0. The third-order valence-corrected chi connectivity index (χ3v) is 6.67. The van der Waals surface area contributed by atoms with Crippen molar-refractivity contribution < 1.29 is 31.1 Å². The van der Waals surface area contributed by atoms with Crippen LogP contribution in [0.4, 0.5) is 19.0 Å². The summed E-state index contributed by atoms with van der Waals surface area (Å²) in [5, 5.41) is 10.5. The molecular weight excluding hydrogens is 523 g/mol. The van der Waals surface area contributed by atoms with Gasteiger partial charge in [0.1, 0.15) is 11.6 Å². The first kappa shape index (κ1) is 31.3. The summed E-state index contributed by atoms with van der Waals surface area (Å²) in [5.74, 6) is 2.00. The number of nitrogens with one attached hydrogen (secondary N) is 2. The highest BCUT2D eigenvalue weighted by Crippen LogP contribution is 2.35. The largest absolute Gasteiger partial charge is 0.496 e. The molecule has 1 fully saturated rings. The van der Waals surface area contributed by atoms with Crippen molar-refractivity contribution in [1.29, 1.82) is 0 Å². The van der Waals surface area contributed by atoms with Gasteiger partial charge in [-0.25, -0.2) is 4.98 Å². The Balaban J connectivity index is 0.00000161. The third-order valence-electron chi connectivity index (χ3n) is 6.67. The van der Waals surface area contributed by atoms with Gasteiger partial charge in [-0.05, 0) is 44.9 Å². The number of aromatic nitrogens is 3. The molecule has 2 aromatic heterocycles. The van der Waals surface area contributed by atoms with Crippen molar-refractivity contribution in [2.45, 2.75) is 72.0 Å². The summed E-state index contributed by atoms with van der Waals surface area (Å²) in [7, 11) is 1.52. The highest BCUT2D eigenvalue weighted by atomic mass is 32.1. The molecule has 3 rings (SSSR count). The molecule has 1 aliphatic carbocycles. The smallest absolute Gasteiger partial charge is 0.389 e. The van der Waals surface area contributed by atoms with Crippen molar-refractivity contribution in [3.05, 3.63) is 23.5 Å². The standard InChI is InChI=1S/C25H36F3N5O2.O2S/c1-5-33-23(17(3)22(32-33)24(34)31-14-18-9-7-16(2)8-10-18)19-15-30-21(13-20(19)35-4)29-12-6-11-25(26,27)28;1-3-2/h13,15-16,18H,5-12,14H2,1-4H3,(H,29,30)(H,31,34);. The van der Waals surface area contributed by atoms with E-state index < -0.39 is 24.2 Å². The van der Waals surface area contributed by atoms with Gasteiger partial charge in [0, 0.05) is 43.9 Å². The first-order valence-electron chi connectivity index (χ1n) is 12.7. The molecule has 13 heteroatoms. The molecule has 0 saturated heterocycles. The number of rotatable bonds is 10. The van der Waals surface area contributed by atoms with Gasteiger partial charge >= 0.3 is 17.7 Å². The number of ether oxygens (including phenoxy) is 1. The fourth-order valence-electron chi connectivity index (χ4n) is 4.58. The molecule has 1 aliphatic rings. The maximum absolute atomic E-state index is 13.0. The van der Waals surface area contributed by atoms with Crippen molar-refractivity contribution in [1.82, 2.24) is 20.1 Å². The van der Waals surface area contributed by atoms with Crippen molar-refractivity contribution in [3.8, 4) is 17.0 Å². The first-order valence-corrected chi connectivity index (χ1v) is 13.3. The monoisotopic (exact) mass is 559 g/mol. The molecule has 0 bridgehead atoms. The van der Waals surface area contributed by atoms with E-state index in [1.54, 1.807) is 16.9 Å². The Morgan fingerprint density at radius 2 is 1.89 bits per heavy atom. The topological polar surface area (TPSA) is 115 Å². The van der Waals surface area contributed by atoms with Gasteiger partial charge in [-0.1, -0.05) is 19.8 Å². The number of nitrogens with zero attached hydrogens (tertiary/aromatic N) is 3. The lowest BCUT2D eigenvalue weighted by Crippen LogP contribution is -2.31. The van der Waals surface area contributed by atoms with Crippen LogP contribution in [0.3, 0.4) is 0 Å². The third kappa shape index (κ3) is 9.10. The summed E-state index contributed by atoms with van der Waals surface area (Å²) in [6.07, 6.45) is 1.20. The highest BCUT2D eigenvalue weighted by Gasteiger charge is 2.26. The number of carbonyl (C=O) groups is 1. The predicted molar refractivity (Wildman–Crippen MR) is 139 cm³/mol. The van der Waals surface area contributed by atoms with Crippen LogP contribution in [0.2, 0.25) is 0 Å². The minimum atomic E-state index is -4.17. The Bertz CT molecular complexity index is 1100. The number of halogens is 3. The Kier molecular flexibility index (Phi) is 12.2. The molecule has 2 N–H and O–H groups in total. The van der Waals surface area contributed by atoms with Crippen LogP contribution in [0.1, 0.15) is 68.4 Å². The van der Waals surface area contributed by atoms with Crippen LogP contribution in [0.15, 0.2) is 12.3 Å². The molecule has 2 aromatic rings. The van der Waals surface area contributed by atoms with Gasteiger partial charge in [0.05, 0.1) is 18.4 Å². The first-order chi connectivity index (χ1) is 18.0. The fraction of sp³-hybridized carbons (Fsp3) is 0.640. The van der Waals surface area contributed by atoms with Crippen molar-refractivity contribution in [2.75, 3.05) is 25.5 Å². The summed E-state index contributed by atoms with van der Waals surface area (Å²) in [5.41, 5.74) is 2.51. The second kappa shape index (κ2) is 14.8. The molecular formula is C25H36F3N5O4S. The lowest BCUT2D eigenvalue weighted by molar-refractivity contribution is -0.134. The van der Waals surface area contributed by atoms with Gasteiger partial charge in [0.2, 0.25) is 0 Å². The Morgan fingerprint density at radius 1 is 1.24 bits per heavy atom. The van der Waals surface area contributed by atoms with Crippen molar-refractivity contribution >= 4 is 23.3 Å². The Morgan fingerprint density at radius 3 is 2.47 bits per heavy atom. The van der Waals surface area contributed by atoms with Crippen LogP contribution in [-0.4, -0.2) is 55.5 Å². The number of alkyl halides is 3. The number of hydrogen-bond donors (Lipinski definition) is 2. The highest BCUT2D eigenvalue weighted by molar-refractivity contribution is 7.51. The number of aryl methyl sites for hydroxylation is 1. The van der Waals surface area contributed by atoms with E-state index in [0.717, 1.165) is 30.0 Å². The molecule has 0 atom stereocenters. The molecule has 212 valence electrons. The van der Waals surface area contributed by atoms with E-state index in [1.165, 1.54) is 20.0 Å². The van der Waals surface area contributed by atoms with Gasteiger partial charge in [-0.2, -0.15) is 26.7 Å². The fourth-order valence-corrected chi connectivity index (χ4v) is 4.58. The number of pyridine rings is 1. The van der Waals surface area contributed by atoms with E-state index in [1.807, 2.05) is 13.8 Å². The molecule has 0 unspecified atom stereocenters. The minimum absolute atomic E-state index is 0.0463. The summed E-state index contributed by atoms with van der Waals surface area (Å²) < 4.78 is 61.0.